The van der Waals surface area contributed by atoms with Gasteiger partial charge in [0.05, 0.1) is 16.5 Å². The molecule has 2 aromatic carbocycles. The van der Waals surface area contributed by atoms with Gasteiger partial charge >= 0.3 is 0 Å². The van der Waals surface area contributed by atoms with E-state index in [2.05, 4.69) is 25.7 Å². The monoisotopic (exact) mass is 516 g/mol. The Labute approximate surface area is 215 Å². The lowest BCUT2D eigenvalue weighted by Gasteiger charge is -2.36. The first-order valence-electron chi connectivity index (χ1n) is 11.9. The summed E-state index contributed by atoms with van der Waals surface area (Å²) in [6, 6.07) is 17.7. The highest BCUT2D eigenvalue weighted by Crippen LogP contribution is 2.32. The number of nitrogens with one attached hydrogen (secondary N) is 1. The average molecular weight is 517 g/mol. The Morgan fingerprint density at radius 1 is 1.11 bits per heavy atom. The molecule has 3 heterocycles. The fraction of sp³-hybridized carbons (Fsp3) is 0.269. The first-order valence-corrected chi connectivity index (χ1v) is 13.4. The number of sulfonamides is 1. The van der Waals surface area contributed by atoms with Crippen molar-refractivity contribution in [2.45, 2.75) is 23.8 Å². The Morgan fingerprint density at radius 3 is 2.51 bits per heavy atom. The smallest absolute Gasteiger partial charge is 0.291 e. The second-order valence-electron chi connectivity index (χ2n) is 8.90. The Hall–Kier alpha value is -4.30. The van der Waals surface area contributed by atoms with Crippen molar-refractivity contribution < 1.29 is 17.8 Å². The van der Waals surface area contributed by atoms with E-state index in [1.165, 1.54) is 18.6 Å². The zero-order chi connectivity index (χ0) is 26.0. The molecule has 2 aliphatic rings. The molecule has 5 rings (SSSR count). The molecule has 1 N–H and O–H groups in total. The first kappa shape index (κ1) is 24.4. The van der Waals surface area contributed by atoms with Crippen LogP contribution in [0.2, 0.25) is 0 Å². The van der Waals surface area contributed by atoms with Gasteiger partial charge in [0.25, 0.3) is 15.9 Å². The summed E-state index contributed by atoms with van der Waals surface area (Å²) in [5, 5.41) is 9.51. The normalized spacial score (nSPS) is 17.9. The summed E-state index contributed by atoms with van der Waals surface area (Å²) in [7, 11) is -3.77. The quantitative estimate of drug-likeness (QED) is 0.499. The molecule has 2 unspecified atom stereocenters. The number of fused-ring (bicyclic) bond motifs is 1. The molecule has 10 nitrogen and oxygen atoms in total. The molecule has 188 valence electrons. The lowest BCUT2D eigenvalue weighted by Crippen LogP contribution is -2.52. The fourth-order valence-corrected chi connectivity index (χ4v) is 5.71. The van der Waals surface area contributed by atoms with E-state index in [1.54, 1.807) is 24.3 Å². The van der Waals surface area contributed by atoms with E-state index in [1.807, 2.05) is 46.9 Å². The molecule has 11 heteroatoms. The van der Waals surface area contributed by atoms with Crippen LogP contribution in [0.4, 0.5) is 17.2 Å². The van der Waals surface area contributed by atoms with E-state index in [0.717, 1.165) is 16.9 Å². The van der Waals surface area contributed by atoms with Crippen molar-refractivity contribution in [1.82, 2.24) is 14.9 Å². The molecule has 0 aliphatic carbocycles. The second-order valence-corrected chi connectivity index (χ2v) is 10.6. The van der Waals surface area contributed by atoms with Gasteiger partial charge in [0.2, 0.25) is 11.7 Å². The van der Waals surface area contributed by atoms with Gasteiger partial charge in [0.15, 0.2) is 12.1 Å². The summed E-state index contributed by atoms with van der Waals surface area (Å²) in [5.41, 5.74) is 2.71. The molecular weight excluding hydrogens is 490 g/mol. The zero-order valence-electron chi connectivity index (χ0n) is 20.2. The van der Waals surface area contributed by atoms with Crippen LogP contribution in [0.15, 0.2) is 72.0 Å². The van der Waals surface area contributed by atoms with Gasteiger partial charge in [-0.15, -0.1) is 0 Å². The molecule has 1 fully saturated rings. The van der Waals surface area contributed by atoms with Crippen LogP contribution in [-0.4, -0.2) is 72.2 Å². The number of benzene rings is 2. The number of anilines is 2. The van der Waals surface area contributed by atoms with Crippen LogP contribution in [-0.2, 0) is 14.8 Å². The van der Waals surface area contributed by atoms with Gasteiger partial charge in [-0.25, -0.2) is 18.4 Å². The molecule has 0 bridgehead atoms. The van der Waals surface area contributed by atoms with E-state index in [4.69, 9.17) is 0 Å². The van der Waals surface area contributed by atoms with Crippen LogP contribution in [0, 0.1) is 11.3 Å². The standard InChI is InChI=1S/C26H26N7O3S/c1-19(33-17-20(16-27)23-4-2-3-5-24(23)33)26(34)32-14-12-31(13-15-32)21-6-8-22(9-7-21)37(35,36)30-25-10-11-28-18-29-25/h2-11,17-20H,12-15H2,1H3,(H,28,29,30)/q+1. The number of hydrogen-bond acceptors (Lipinski definition) is 7. The molecule has 1 saturated heterocycles. The molecule has 0 saturated carbocycles. The fourth-order valence-electron chi connectivity index (χ4n) is 4.70. The van der Waals surface area contributed by atoms with Crippen LogP contribution < -0.4 is 9.62 Å². The number of rotatable bonds is 6. The maximum Gasteiger partial charge on any atom is 0.291 e. The van der Waals surface area contributed by atoms with Crippen LogP contribution in [0.1, 0.15) is 18.4 Å². The lowest BCUT2D eigenvalue weighted by atomic mass is 10.0. The number of hydrogen-bond donors (Lipinski definition) is 1. The summed E-state index contributed by atoms with van der Waals surface area (Å²) in [6.45, 7) is 4.23. The van der Waals surface area contributed by atoms with Crippen molar-refractivity contribution in [1.29, 1.82) is 5.26 Å². The Bertz CT molecular complexity index is 1480. The third kappa shape index (κ3) is 4.88. The highest BCUT2D eigenvalue weighted by Gasteiger charge is 2.38. The minimum absolute atomic E-state index is 0.0153. The van der Waals surface area contributed by atoms with Gasteiger partial charge in [-0.1, -0.05) is 18.2 Å². The number of para-hydroxylation sites is 1. The van der Waals surface area contributed by atoms with Crippen molar-refractivity contribution >= 4 is 39.3 Å². The highest BCUT2D eigenvalue weighted by atomic mass is 32.2. The Morgan fingerprint density at radius 2 is 1.84 bits per heavy atom. The summed E-state index contributed by atoms with van der Waals surface area (Å²) in [4.78, 5) is 25.1. The van der Waals surface area contributed by atoms with Gasteiger partial charge in [0.1, 0.15) is 12.1 Å². The molecular formula is C26H26N7O3S+. The highest BCUT2D eigenvalue weighted by molar-refractivity contribution is 7.92. The molecule has 1 amide bonds. The predicted octanol–water partition coefficient (Wildman–Crippen LogP) is 2.35. The van der Waals surface area contributed by atoms with Crippen molar-refractivity contribution in [3.63, 3.8) is 0 Å². The first-order chi connectivity index (χ1) is 17.9. The molecule has 1 aromatic heterocycles. The van der Waals surface area contributed by atoms with Crippen molar-refractivity contribution in [2.24, 2.45) is 0 Å². The molecule has 2 aliphatic heterocycles. The number of carbonyl (C=O) groups excluding carboxylic acids is 1. The molecule has 0 spiro atoms. The number of aromatic nitrogens is 2. The summed E-state index contributed by atoms with van der Waals surface area (Å²) >= 11 is 0. The van der Waals surface area contributed by atoms with Gasteiger partial charge in [0, 0.05) is 51.1 Å². The van der Waals surface area contributed by atoms with E-state index < -0.39 is 16.1 Å². The summed E-state index contributed by atoms with van der Waals surface area (Å²) in [5.74, 6) is -0.139. The van der Waals surface area contributed by atoms with Gasteiger partial charge < -0.3 is 9.80 Å². The Balaban J connectivity index is 1.21. The number of carbonyl (C=O) groups is 1. The maximum atomic E-state index is 13.3. The van der Waals surface area contributed by atoms with Crippen molar-refractivity contribution in [3.05, 3.63) is 72.7 Å². The van der Waals surface area contributed by atoms with E-state index >= 15 is 0 Å². The topological polar surface area (TPSA) is 122 Å². The molecule has 37 heavy (non-hydrogen) atoms. The molecule has 3 aromatic rings. The van der Waals surface area contributed by atoms with Crippen LogP contribution in [0.3, 0.4) is 0 Å². The number of nitriles is 1. The largest absolute Gasteiger partial charge is 0.368 e. The average Bonchev–Trinajstić information content (AvgIpc) is 3.31. The van der Waals surface area contributed by atoms with E-state index in [9.17, 15) is 18.5 Å². The van der Waals surface area contributed by atoms with E-state index in [-0.39, 0.29) is 22.5 Å². The Kier molecular flexibility index (Phi) is 6.58. The zero-order valence-corrected chi connectivity index (χ0v) is 21.0. The van der Waals surface area contributed by atoms with Gasteiger partial charge in [-0.2, -0.15) is 9.84 Å². The molecule has 2 atom stereocenters. The summed E-state index contributed by atoms with van der Waals surface area (Å²) in [6.07, 6.45) is 4.57. The second kappa shape index (κ2) is 9.99. The molecule has 0 radical (unpaired) electrons. The van der Waals surface area contributed by atoms with E-state index in [0.29, 0.717) is 26.2 Å². The maximum absolute atomic E-state index is 13.3. The third-order valence-corrected chi connectivity index (χ3v) is 8.07. The van der Waals surface area contributed by atoms with Crippen LogP contribution in [0.25, 0.3) is 0 Å². The van der Waals surface area contributed by atoms with Crippen LogP contribution >= 0.6 is 0 Å². The third-order valence-electron chi connectivity index (χ3n) is 6.70. The van der Waals surface area contributed by atoms with Crippen LogP contribution in [0.5, 0.6) is 0 Å². The predicted molar refractivity (Wildman–Crippen MR) is 138 cm³/mol. The number of amides is 1. The number of piperazine rings is 1. The van der Waals surface area contributed by atoms with Gasteiger partial charge in [-0.05, 0) is 30.3 Å². The minimum atomic E-state index is -3.77. The van der Waals surface area contributed by atoms with Crippen molar-refractivity contribution in [2.75, 3.05) is 35.8 Å². The number of nitrogens with zero attached hydrogens (tertiary/aromatic N) is 6. The van der Waals surface area contributed by atoms with Crippen molar-refractivity contribution in [3.8, 4) is 6.07 Å². The summed E-state index contributed by atoms with van der Waals surface area (Å²) < 4.78 is 29.6. The SMILES string of the molecule is CC(C(=O)N1CCN(c2ccc(S(=O)(=O)Nc3ccncn3)cc2)CC1)[N+]1=CC(C#N)c2ccccc21. The lowest BCUT2D eigenvalue weighted by molar-refractivity contribution is -0.460. The minimum Gasteiger partial charge on any atom is -0.368 e. The van der Waals surface area contributed by atoms with Gasteiger partial charge in [-0.3, -0.25) is 9.52 Å².